The second kappa shape index (κ2) is 5.33. The van der Waals surface area contributed by atoms with Crippen molar-refractivity contribution in [3.63, 3.8) is 0 Å². The summed E-state index contributed by atoms with van der Waals surface area (Å²) in [6.07, 6.45) is 6.67. The van der Waals surface area contributed by atoms with E-state index in [2.05, 4.69) is 78.9 Å². The first kappa shape index (κ1) is 11.4. The minimum atomic E-state index is 0.0773. The van der Waals surface area contributed by atoms with Gasteiger partial charge in [-0.3, -0.25) is 0 Å². The second-order valence-electron chi connectivity index (χ2n) is 4.14. The fourth-order valence-electron chi connectivity index (χ4n) is 1.97. The number of allylic oxidation sites excluding steroid dienone is 3. The van der Waals surface area contributed by atoms with Crippen molar-refractivity contribution in [2.45, 2.75) is 0 Å². The molecule has 2 aromatic carbocycles. The van der Waals surface area contributed by atoms with E-state index in [9.17, 15) is 0 Å². The third kappa shape index (κ3) is 2.44. The van der Waals surface area contributed by atoms with Crippen LogP contribution >= 0.6 is 0 Å². The molecule has 0 amide bonds. The third-order valence-corrected chi connectivity index (χ3v) is 5.61. The molecule has 18 heavy (non-hydrogen) atoms. The molecule has 1 aliphatic rings. The van der Waals surface area contributed by atoms with Crippen molar-refractivity contribution in [3.8, 4) is 0 Å². The zero-order valence-corrected chi connectivity index (χ0v) is 11.8. The van der Waals surface area contributed by atoms with Gasteiger partial charge in [-0.1, -0.05) is 0 Å². The van der Waals surface area contributed by atoms with Gasteiger partial charge in [0.15, 0.2) is 0 Å². The fraction of sp³-hybridized carbons (Fsp3) is 0. The SMILES string of the molecule is C1=CC(c2ccccc2)=[As]C(c2ccccc2)=C1. The summed E-state index contributed by atoms with van der Waals surface area (Å²) in [5.74, 6) is 0. The van der Waals surface area contributed by atoms with Gasteiger partial charge in [-0.2, -0.15) is 0 Å². The molecule has 2 aromatic rings. The molecule has 0 unspecified atom stereocenters. The molecule has 86 valence electrons. The molecule has 0 saturated heterocycles. The molecule has 1 heterocycles. The predicted octanol–water partition coefficient (Wildman–Crippen LogP) is 3.52. The molecule has 0 nitrogen and oxygen atoms in total. The molecule has 3 rings (SSSR count). The Labute approximate surface area is 114 Å². The van der Waals surface area contributed by atoms with Gasteiger partial charge >= 0.3 is 114 Å². The van der Waals surface area contributed by atoms with Crippen LogP contribution < -0.4 is 0 Å². The Bertz CT molecular complexity index is 579. The molecule has 0 saturated carbocycles. The minimum absolute atomic E-state index is 0.0773. The van der Waals surface area contributed by atoms with Crippen LogP contribution in [0.4, 0.5) is 0 Å². The number of benzene rings is 2. The van der Waals surface area contributed by atoms with E-state index < -0.39 is 0 Å². The number of hydrogen-bond donors (Lipinski definition) is 0. The van der Waals surface area contributed by atoms with Gasteiger partial charge in [-0.25, -0.2) is 0 Å². The molecule has 0 fully saturated rings. The molecule has 0 spiro atoms. The molecule has 0 radical (unpaired) electrons. The van der Waals surface area contributed by atoms with E-state index >= 15 is 0 Å². The molecule has 0 aliphatic carbocycles. The van der Waals surface area contributed by atoms with Crippen LogP contribution in [0.25, 0.3) is 4.36 Å². The normalized spacial score (nSPS) is 14.9. The molecule has 1 heteroatoms. The van der Waals surface area contributed by atoms with E-state index in [0.29, 0.717) is 0 Å². The summed E-state index contributed by atoms with van der Waals surface area (Å²) in [6.45, 7) is 0. The molecule has 0 aromatic heterocycles. The van der Waals surface area contributed by atoms with Crippen molar-refractivity contribution >= 4 is 24.0 Å². The van der Waals surface area contributed by atoms with Gasteiger partial charge in [-0.05, 0) is 0 Å². The predicted molar refractivity (Wildman–Crippen MR) is 79.9 cm³/mol. The van der Waals surface area contributed by atoms with Crippen molar-refractivity contribution in [1.82, 2.24) is 0 Å². The van der Waals surface area contributed by atoms with Gasteiger partial charge < -0.3 is 0 Å². The molecule has 0 bridgehead atoms. The van der Waals surface area contributed by atoms with Crippen LogP contribution in [0, 0.1) is 0 Å². The second-order valence-corrected chi connectivity index (χ2v) is 6.63. The average molecular weight is 292 g/mol. The summed E-state index contributed by atoms with van der Waals surface area (Å²) in [5.41, 5.74) is 2.71. The first-order valence-electron chi connectivity index (χ1n) is 6.01. The first-order valence-corrected chi connectivity index (χ1v) is 7.89. The Kier molecular flexibility index (Phi) is 3.39. The monoisotopic (exact) mass is 292 g/mol. The Morgan fingerprint density at radius 3 is 1.94 bits per heavy atom. The Hall–Kier alpha value is -1.65. The Morgan fingerprint density at radius 2 is 1.28 bits per heavy atom. The molecule has 0 atom stereocenters. The number of rotatable bonds is 2. The maximum atomic E-state index is 2.25. The van der Waals surface area contributed by atoms with Crippen LogP contribution in [0.15, 0.2) is 78.9 Å². The Morgan fingerprint density at radius 1 is 0.667 bits per heavy atom. The summed E-state index contributed by atoms with van der Waals surface area (Å²) in [7, 11) is 0. The molecule has 0 N–H and O–H groups in total. The van der Waals surface area contributed by atoms with Crippen molar-refractivity contribution in [1.29, 1.82) is 0 Å². The average Bonchev–Trinajstić information content (AvgIpc) is 2.49. The fourth-order valence-corrected chi connectivity index (χ4v) is 4.36. The van der Waals surface area contributed by atoms with Crippen LogP contribution in [-0.2, 0) is 0 Å². The van der Waals surface area contributed by atoms with E-state index in [4.69, 9.17) is 0 Å². The standard InChI is InChI=1S/C17H13As/c1-3-8-14(9-4-1)16-12-7-13-17(18-16)15-10-5-2-6-11-15/h1-13H. The first-order chi connectivity index (χ1) is 8.93. The van der Waals surface area contributed by atoms with E-state index in [-0.39, 0.29) is 15.3 Å². The van der Waals surface area contributed by atoms with Crippen molar-refractivity contribution < 1.29 is 0 Å². The van der Waals surface area contributed by atoms with Crippen LogP contribution in [0.2, 0.25) is 0 Å². The quantitative estimate of drug-likeness (QED) is 0.743. The van der Waals surface area contributed by atoms with E-state index in [0.717, 1.165) is 0 Å². The van der Waals surface area contributed by atoms with Gasteiger partial charge in [0.1, 0.15) is 0 Å². The summed E-state index contributed by atoms with van der Waals surface area (Å²) in [5, 5.41) is 0. The van der Waals surface area contributed by atoms with E-state index in [1.165, 1.54) is 19.8 Å². The van der Waals surface area contributed by atoms with Gasteiger partial charge in [0.2, 0.25) is 0 Å². The van der Waals surface area contributed by atoms with Crippen molar-refractivity contribution in [2.24, 2.45) is 0 Å². The van der Waals surface area contributed by atoms with E-state index in [1.807, 2.05) is 0 Å². The molecular weight excluding hydrogens is 279 g/mol. The summed E-state index contributed by atoms with van der Waals surface area (Å²) in [4.78, 5) is 0. The van der Waals surface area contributed by atoms with Crippen LogP contribution in [-0.4, -0.2) is 19.6 Å². The van der Waals surface area contributed by atoms with Gasteiger partial charge in [0.25, 0.3) is 0 Å². The van der Waals surface area contributed by atoms with Crippen LogP contribution in [0.3, 0.4) is 0 Å². The van der Waals surface area contributed by atoms with E-state index in [1.54, 1.807) is 0 Å². The summed E-state index contributed by atoms with van der Waals surface area (Å²) < 4.78 is 2.96. The van der Waals surface area contributed by atoms with Gasteiger partial charge in [0.05, 0.1) is 0 Å². The van der Waals surface area contributed by atoms with Gasteiger partial charge in [0, 0.05) is 0 Å². The topological polar surface area (TPSA) is 0 Å². The van der Waals surface area contributed by atoms with Crippen LogP contribution in [0.1, 0.15) is 11.1 Å². The number of hydrogen-bond acceptors (Lipinski definition) is 0. The van der Waals surface area contributed by atoms with Crippen LogP contribution in [0.5, 0.6) is 0 Å². The summed E-state index contributed by atoms with van der Waals surface area (Å²) >= 11 is 0.0773. The third-order valence-electron chi connectivity index (χ3n) is 2.89. The van der Waals surface area contributed by atoms with Crippen molar-refractivity contribution in [2.75, 3.05) is 0 Å². The van der Waals surface area contributed by atoms with Gasteiger partial charge in [-0.15, -0.1) is 0 Å². The maximum absolute atomic E-state index is 2.25. The van der Waals surface area contributed by atoms with Crippen molar-refractivity contribution in [3.05, 3.63) is 90.0 Å². The zero-order valence-electron chi connectivity index (χ0n) is 9.95. The molecular formula is C17H13As. The summed E-state index contributed by atoms with van der Waals surface area (Å²) in [6, 6.07) is 21.4. The zero-order chi connectivity index (χ0) is 12.2. The Balaban J connectivity index is 1.99. The molecule has 1 aliphatic heterocycles.